The highest BCUT2D eigenvalue weighted by Gasteiger charge is 2.16. The molecule has 164 valence electrons. The third-order valence-corrected chi connectivity index (χ3v) is 7.41. The molecule has 0 fully saturated rings. The molecule has 0 saturated carbocycles. The summed E-state index contributed by atoms with van der Waals surface area (Å²) >= 11 is 1.50. The maximum absolute atomic E-state index is 12.9. The molecule has 0 aliphatic carbocycles. The Labute approximate surface area is 195 Å². The Kier molecular flexibility index (Phi) is 5.53. The Morgan fingerprint density at radius 1 is 0.879 bits per heavy atom. The lowest BCUT2D eigenvalue weighted by atomic mass is 10.1. The molecule has 0 aliphatic heterocycles. The van der Waals surface area contributed by atoms with Crippen LogP contribution in [-0.2, 0) is 10.0 Å². The fourth-order valence-corrected chi connectivity index (χ4v) is 5.35. The van der Waals surface area contributed by atoms with Gasteiger partial charge in [0, 0.05) is 11.8 Å². The largest absolute Gasteiger partial charge is 0.457 e. The first-order valence-electron chi connectivity index (χ1n) is 10.2. The van der Waals surface area contributed by atoms with E-state index >= 15 is 0 Å². The van der Waals surface area contributed by atoms with Gasteiger partial charge in [0.2, 0.25) is 0 Å². The van der Waals surface area contributed by atoms with E-state index < -0.39 is 10.0 Å². The number of hydrogen-bond acceptors (Lipinski definition) is 6. The highest BCUT2D eigenvalue weighted by molar-refractivity contribution is 7.92. The quantitative estimate of drug-likeness (QED) is 0.315. The lowest BCUT2D eigenvalue weighted by Gasteiger charge is -2.12. The molecule has 5 rings (SSSR count). The van der Waals surface area contributed by atoms with Gasteiger partial charge < -0.3 is 4.74 Å². The van der Waals surface area contributed by atoms with Crippen LogP contribution in [0.1, 0.15) is 5.56 Å². The molecule has 0 bridgehead atoms. The van der Waals surface area contributed by atoms with E-state index in [9.17, 15) is 8.42 Å². The Bertz CT molecular complexity index is 1500. The van der Waals surface area contributed by atoms with Crippen molar-refractivity contribution in [3.63, 3.8) is 0 Å². The van der Waals surface area contributed by atoms with Gasteiger partial charge in [-0.3, -0.25) is 4.72 Å². The number of benzene rings is 3. The van der Waals surface area contributed by atoms with E-state index in [1.165, 1.54) is 23.5 Å². The van der Waals surface area contributed by atoms with Crippen LogP contribution >= 0.6 is 11.3 Å². The summed E-state index contributed by atoms with van der Waals surface area (Å²) in [5.74, 6) is 1.25. The number of para-hydroxylation sites is 1. The van der Waals surface area contributed by atoms with Crippen molar-refractivity contribution in [3.05, 3.63) is 96.7 Å². The third-order valence-electron chi connectivity index (χ3n) is 5.00. The zero-order chi connectivity index (χ0) is 22.8. The number of sulfonamides is 1. The van der Waals surface area contributed by atoms with Crippen LogP contribution in [0.3, 0.4) is 0 Å². The second kappa shape index (κ2) is 8.65. The van der Waals surface area contributed by atoms with Gasteiger partial charge >= 0.3 is 0 Å². The average Bonchev–Trinajstić information content (AvgIpc) is 3.26. The zero-order valence-electron chi connectivity index (χ0n) is 17.6. The number of rotatable bonds is 6. The second-order valence-electron chi connectivity index (χ2n) is 7.37. The van der Waals surface area contributed by atoms with Gasteiger partial charge in [0.1, 0.15) is 26.9 Å². The van der Waals surface area contributed by atoms with Gasteiger partial charge in [0.25, 0.3) is 10.0 Å². The molecule has 0 spiro atoms. The second-order valence-corrected chi connectivity index (χ2v) is 10.0. The number of nitrogens with zero attached hydrogens (tertiary/aromatic N) is 2. The van der Waals surface area contributed by atoms with Gasteiger partial charge in [-0.1, -0.05) is 29.5 Å². The number of thiazole rings is 1. The van der Waals surface area contributed by atoms with E-state index in [0.717, 1.165) is 26.5 Å². The van der Waals surface area contributed by atoms with Crippen LogP contribution in [-0.4, -0.2) is 18.4 Å². The number of ether oxygens (including phenoxy) is 1. The number of aryl methyl sites for hydroxylation is 1. The molecule has 0 unspecified atom stereocenters. The van der Waals surface area contributed by atoms with E-state index in [1.807, 2.05) is 61.5 Å². The van der Waals surface area contributed by atoms with Crippen molar-refractivity contribution < 1.29 is 13.2 Å². The van der Waals surface area contributed by atoms with Crippen molar-refractivity contribution in [1.82, 2.24) is 9.97 Å². The minimum absolute atomic E-state index is 0.156. The SMILES string of the molecule is Cc1cc(-c2nc3cccnc3s2)ccc1NS(=O)(=O)c1ccc(Oc2ccccc2)cc1. The predicted octanol–water partition coefficient (Wildman–Crippen LogP) is 6.26. The molecule has 6 nitrogen and oxygen atoms in total. The number of pyridine rings is 1. The van der Waals surface area contributed by atoms with Crippen LogP contribution in [0.4, 0.5) is 5.69 Å². The van der Waals surface area contributed by atoms with E-state index in [-0.39, 0.29) is 4.90 Å². The summed E-state index contributed by atoms with van der Waals surface area (Å²) in [5, 5.41) is 0.843. The Balaban J connectivity index is 1.34. The average molecular weight is 474 g/mol. The van der Waals surface area contributed by atoms with Gasteiger partial charge in [-0.2, -0.15) is 0 Å². The van der Waals surface area contributed by atoms with E-state index in [2.05, 4.69) is 14.7 Å². The van der Waals surface area contributed by atoms with Crippen molar-refractivity contribution in [2.24, 2.45) is 0 Å². The number of aromatic nitrogens is 2. The summed E-state index contributed by atoms with van der Waals surface area (Å²) in [6.07, 6.45) is 1.74. The van der Waals surface area contributed by atoms with Crippen LogP contribution in [0.5, 0.6) is 11.5 Å². The highest BCUT2D eigenvalue weighted by atomic mass is 32.2. The minimum Gasteiger partial charge on any atom is -0.457 e. The maximum atomic E-state index is 12.9. The first-order chi connectivity index (χ1) is 16.0. The summed E-state index contributed by atoms with van der Waals surface area (Å²) in [5.41, 5.74) is 3.08. The zero-order valence-corrected chi connectivity index (χ0v) is 19.2. The van der Waals surface area contributed by atoms with Gasteiger partial charge in [-0.25, -0.2) is 18.4 Å². The van der Waals surface area contributed by atoms with Crippen LogP contribution in [0.15, 0.2) is 96.0 Å². The number of anilines is 1. The number of fused-ring (bicyclic) bond motifs is 1. The van der Waals surface area contributed by atoms with Crippen molar-refractivity contribution in [3.8, 4) is 22.1 Å². The van der Waals surface area contributed by atoms with Crippen LogP contribution in [0.25, 0.3) is 20.9 Å². The molecule has 5 aromatic rings. The Hall–Kier alpha value is -3.75. The van der Waals surface area contributed by atoms with Crippen LogP contribution in [0, 0.1) is 6.92 Å². The summed E-state index contributed by atoms with van der Waals surface area (Å²) in [4.78, 5) is 9.98. The molecular formula is C25H19N3O3S2. The minimum atomic E-state index is -3.75. The van der Waals surface area contributed by atoms with Crippen molar-refractivity contribution in [1.29, 1.82) is 0 Å². The van der Waals surface area contributed by atoms with E-state index in [0.29, 0.717) is 17.2 Å². The molecule has 0 amide bonds. The molecule has 8 heteroatoms. The Morgan fingerprint density at radius 2 is 1.64 bits per heavy atom. The smallest absolute Gasteiger partial charge is 0.261 e. The molecule has 0 saturated heterocycles. The van der Waals surface area contributed by atoms with Crippen molar-refractivity contribution >= 4 is 37.4 Å². The molecule has 33 heavy (non-hydrogen) atoms. The van der Waals surface area contributed by atoms with Crippen molar-refractivity contribution in [2.75, 3.05) is 4.72 Å². The maximum Gasteiger partial charge on any atom is 0.261 e. The highest BCUT2D eigenvalue weighted by Crippen LogP contribution is 2.32. The first-order valence-corrected chi connectivity index (χ1v) is 12.5. The summed E-state index contributed by atoms with van der Waals surface area (Å²) in [6.45, 7) is 1.86. The summed E-state index contributed by atoms with van der Waals surface area (Å²) in [6, 6.07) is 25.0. The molecule has 1 N–H and O–H groups in total. The van der Waals surface area contributed by atoms with Crippen LogP contribution < -0.4 is 9.46 Å². The van der Waals surface area contributed by atoms with Gasteiger partial charge in [-0.05, 0) is 79.2 Å². The molecule has 0 aliphatic rings. The normalized spacial score (nSPS) is 11.4. The van der Waals surface area contributed by atoms with Crippen LogP contribution in [0.2, 0.25) is 0 Å². The number of nitrogens with one attached hydrogen (secondary N) is 1. The standard InChI is InChI=1S/C25H19N3O3S2/c1-17-16-18(24-27-23-8-5-15-26-25(23)32-24)9-14-22(17)28-33(29,30)21-12-10-20(11-13-21)31-19-6-3-2-4-7-19/h2-16,28H,1H3. The lowest BCUT2D eigenvalue weighted by molar-refractivity contribution is 0.482. The molecular weight excluding hydrogens is 454 g/mol. The molecule has 2 aromatic heterocycles. The first kappa shape index (κ1) is 21.1. The molecule has 0 atom stereocenters. The molecule has 0 radical (unpaired) electrons. The lowest BCUT2D eigenvalue weighted by Crippen LogP contribution is -2.13. The van der Waals surface area contributed by atoms with Crippen molar-refractivity contribution in [2.45, 2.75) is 11.8 Å². The summed E-state index contributed by atoms with van der Waals surface area (Å²) < 4.78 is 34.3. The monoisotopic (exact) mass is 473 g/mol. The molecule has 2 heterocycles. The topological polar surface area (TPSA) is 81.2 Å². The molecule has 3 aromatic carbocycles. The van der Waals surface area contributed by atoms with E-state index in [1.54, 1.807) is 24.4 Å². The Morgan fingerprint density at radius 3 is 2.36 bits per heavy atom. The third kappa shape index (κ3) is 4.57. The fraction of sp³-hybridized carbons (Fsp3) is 0.0400. The van der Waals surface area contributed by atoms with Gasteiger partial charge in [0.05, 0.1) is 10.6 Å². The summed E-state index contributed by atoms with van der Waals surface area (Å²) in [7, 11) is -3.75. The van der Waals surface area contributed by atoms with E-state index in [4.69, 9.17) is 4.74 Å². The fourth-order valence-electron chi connectivity index (χ4n) is 3.32. The predicted molar refractivity (Wildman–Crippen MR) is 131 cm³/mol. The number of hydrogen-bond donors (Lipinski definition) is 1. The van der Waals surface area contributed by atoms with Gasteiger partial charge in [-0.15, -0.1) is 0 Å². The van der Waals surface area contributed by atoms with Gasteiger partial charge in [0.15, 0.2) is 0 Å².